The second-order valence-electron chi connectivity index (χ2n) is 4.69. The van der Waals surface area contributed by atoms with Gasteiger partial charge in [0, 0.05) is 23.3 Å². The number of rotatable bonds is 5. The number of methoxy groups -OCH3 is 1. The first-order valence-corrected chi connectivity index (χ1v) is 7.80. The molecule has 116 valence electrons. The third-order valence-electron chi connectivity index (χ3n) is 3.14. The van der Waals surface area contributed by atoms with Crippen LogP contribution < -0.4 is 4.74 Å². The van der Waals surface area contributed by atoms with Gasteiger partial charge in [-0.3, -0.25) is 4.98 Å². The molecule has 0 aliphatic carbocycles. The summed E-state index contributed by atoms with van der Waals surface area (Å²) in [5.74, 6) is 0.395. The van der Waals surface area contributed by atoms with Gasteiger partial charge < -0.3 is 9.47 Å². The van der Waals surface area contributed by atoms with Crippen LogP contribution in [0.3, 0.4) is 0 Å². The number of carbonyl (C=O) groups is 1. The maximum absolute atomic E-state index is 11.9. The SMILES string of the molecule is COc1cccc(-c2nc(COC(=O)c3ccncc3)cs2)c1. The molecule has 2 aromatic heterocycles. The molecule has 0 saturated heterocycles. The minimum Gasteiger partial charge on any atom is -0.497 e. The summed E-state index contributed by atoms with van der Waals surface area (Å²) in [6, 6.07) is 10.9. The Balaban J connectivity index is 1.66. The van der Waals surface area contributed by atoms with Crippen LogP contribution in [-0.4, -0.2) is 23.0 Å². The number of nitrogens with zero attached hydrogens (tertiary/aromatic N) is 2. The number of hydrogen-bond acceptors (Lipinski definition) is 6. The van der Waals surface area contributed by atoms with Crippen LogP contribution in [0.15, 0.2) is 54.2 Å². The van der Waals surface area contributed by atoms with E-state index in [0.717, 1.165) is 22.0 Å². The Labute approximate surface area is 137 Å². The van der Waals surface area contributed by atoms with E-state index in [1.165, 1.54) is 11.3 Å². The molecule has 23 heavy (non-hydrogen) atoms. The number of ether oxygens (including phenoxy) is 2. The van der Waals surface area contributed by atoms with E-state index < -0.39 is 0 Å². The lowest BCUT2D eigenvalue weighted by Gasteiger charge is -2.02. The van der Waals surface area contributed by atoms with Gasteiger partial charge >= 0.3 is 5.97 Å². The monoisotopic (exact) mass is 326 g/mol. The Bertz CT molecular complexity index is 802. The van der Waals surface area contributed by atoms with Crippen LogP contribution in [0.1, 0.15) is 16.1 Å². The van der Waals surface area contributed by atoms with Gasteiger partial charge in [-0.25, -0.2) is 9.78 Å². The molecule has 0 fully saturated rings. The van der Waals surface area contributed by atoms with E-state index in [1.54, 1.807) is 31.6 Å². The zero-order valence-electron chi connectivity index (χ0n) is 12.4. The van der Waals surface area contributed by atoms with Gasteiger partial charge in [0.05, 0.1) is 18.4 Å². The summed E-state index contributed by atoms with van der Waals surface area (Å²) in [5.41, 5.74) is 2.17. The van der Waals surface area contributed by atoms with E-state index in [2.05, 4.69) is 9.97 Å². The summed E-state index contributed by atoms with van der Waals surface area (Å²) in [7, 11) is 1.63. The van der Waals surface area contributed by atoms with Crippen molar-refractivity contribution in [2.75, 3.05) is 7.11 Å². The predicted octanol–water partition coefficient (Wildman–Crippen LogP) is 3.57. The fourth-order valence-electron chi connectivity index (χ4n) is 1.97. The van der Waals surface area contributed by atoms with Gasteiger partial charge in [-0.15, -0.1) is 11.3 Å². The van der Waals surface area contributed by atoms with Crippen LogP contribution >= 0.6 is 11.3 Å². The van der Waals surface area contributed by atoms with Crippen molar-refractivity contribution in [2.45, 2.75) is 6.61 Å². The molecule has 0 aliphatic rings. The quantitative estimate of drug-likeness (QED) is 0.671. The van der Waals surface area contributed by atoms with E-state index in [1.807, 2.05) is 29.6 Å². The highest BCUT2D eigenvalue weighted by Gasteiger charge is 2.10. The predicted molar refractivity (Wildman–Crippen MR) is 87.5 cm³/mol. The molecule has 0 unspecified atom stereocenters. The van der Waals surface area contributed by atoms with Crippen molar-refractivity contribution in [3.05, 3.63) is 65.4 Å². The van der Waals surface area contributed by atoms with Crippen LogP contribution in [-0.2, 0) is 11.3 Å². The number of benzene rings is 1. The summed E-state index contributed by atoms with van der Waals surface area (Å²) in [6.07, 6.45) is 3.11. The third-order valence-corrected chi connectivity index (χ3v) is 4.08. The molecule has 0 N–H and O–H groups in total. The lowest BCUT2D eigenvalue weighted by Crippen LogP contribution is -2.05. The summed E-state index contributed by atoms with van der Waals surface area (Å²) in [4.78, 5) is 20.3. The van der Waals surface area contributed by atoms with E-state index in [9.17, 15) is 4.79 Å². The molecule has 0 amide bonds. The van der Waals surface area contributed by atoms with Crippen molar-refractivity contribution in [3.63, 3.8) is 0 Å². The molecular formula is C17H14N2O3S. The molecule has 3 aromatic rings. The van der Waals surface area contributed by atoms with Gasteiger partial charge in [0.15, 0.2) is 0 Å². The van der Waals surface area contributed by atoms with Crippen molar-refractivity contribution < 1.29 is 14.3 Å². The molecule has 0 saturated carbocycles. The van der Waals surface area contributed by atoms with Gasteiger partial charge in [-0.1, -0.05) is 12.1 Å². The van der Waals surface area contributed by atoms with Gasteiger partial charge in [0.1, 0.15) is 17.4 Å². The van der Waals surface area contributed by atoms with Crippen molar-refractivity contribution in [3.8, 4) is 16.3 Å². The highest BCUT2D eigenvalue weighted by Crippen LogP contribution is 2.27. The highest BCUT2D eigenvalue weighted by molar-refractivity contribution is 7.13. The van der Waals surface area contributed by atoms with Crippen LogP contribution in [0.25, 0.3) is 10.6 Å². The van der Waals surface area contributed by atoms with E-state index in [-0.39, 0.29) is 12.6 Å². The van der Waals surface area contributed by atoms with E-state index in [4.69, 9.17) is 9.47 Å². The van der Waals surface area contributed by atoms with Crippen molar-refractivity contribution in [1.29, 1.82) is 0 Å². The standard InChI is InChI=1S/C17H14N2O3S/c1-21-15-4-2-3-13(9-15)16-19-14(11-23-16)10-22-17(20)12-5-7-18-8-6-12/h2-9,11H,10H2,1H3. The van der Waals surface area contributed by atoms with Crippen molar-refractivity contribution in [2.24, 2.45) is 0 Å². The summed E-state index contributed by atoms with van der Waals surface area (Å²) >= 11 is 1.50. The number of pyridine rings is 1. The minimum absolute atomic E-state index is 0.141. The fourth-order valence-corrected chi connectivity index (χ4v) is 2.77. The zero-order chi connectivity index (χ0) is 16.1. The molecule has 6 heteroatoms. The van der Waals surface area contributed by atoms with Gasteiger partial charge in [0.25, 0.3) is 0 Å². The van der Waals surface area contributed by atoms with E-state index in [0.29, 0.717) is 5.56 Å². The number of thiazole rings is 1. The Hall–Kier alpha value is -2.73. The average Bonchev–Trinajstić information content (AvgIpc) is 3.09. The topological polar surface area (TPSA) is 61.3 Å². The van der Waals surface area contributed by atoms with Gasteiger partial charge in [-0.2, -0.15) is 0 Å². The average molecular weight is 326 g/mol. The molecular weight excluding hydrogens is 312 g/mol. The lowest BCUT2D eigenvalue weighted by atomic mass is 10.2. The molecule has 0 spiro atoms. The van der Waals surface area contributed by atoms with Gasteiger partial charge in [-0.05, 0) is 24.3 Å². The molecule has 0 atom stereocenters. The number of aromatic nitrogens is 2. The Morgan fingerprint density at radius 3 is 2.83 bits per heavy atom. The number of esters is 1. The highest BCUT2D eigenvalue weighted by atomic mass is 32.1. The summed E-state index contributed by atoms with van der Waals surface area (Å²) in [6.45, 7) is 0.141. The molecule has 0 bridgehead atoms. The molecule has 1 aromatic carbocycles. The Morgan fingerprint density at radius 2 is 2.04 bits per heavy atom. The van der Waals surface area contributed by atoms with Crippen LogP contribution in [0.4, 0.5) is 0 Å². The molecule has 2 heterocycles. The molecule has 3 rings (SSSR count). The summed E-state index contributed by atoms with van der Waals surface area (Å²) < 4.78 is 10.5. The third kappa shape index (κ3) is 3.73. The maximum atomic E-state index is 11.9. The van der Waals surface area contributed by atoms with Crippen molar-refractivity contribution in [1.82, 2.24) is 9.97 Å². The van der Waals surface area contributed by atoms with E-state index >= 15 is 0 Å². The summed E-state index contributed by atoms with van der Waals surface area (Å²) in [5, 5.41) is 2.74. The smallest absolute Gasteiger partial charge is 0.338 e. The first-order chi connectivity index (χ1) is 11.3. The van der Waals surface area contributed by atoms with Crippen molar-refractivity contribution >= 4 is 17.3 Å². The van der Waals surface area contributed by atoms with Crippen LogP contribution in [0, 0.1) is 0 Å². The fraction of sp³-hybridized carbons (Fsp3) is 0.118. The lowest BCUT2D eigenvalue weighted by molar-refractivity contribution is 0.0468. The Morgan fingerprint density at radius 1 is 1.22 bits per heavy atom. The Kier molecular flexibility index (Phi) is 4.63. The second kappa shape index (κ2) is 7.02. The first-order valence-electron chi connectivity index (χ1n) is 6.92. The van der Waals surface area contributed by atoms with Crippen LogP contribution in [0.5, 0.6) is 5.75 Å². The zero-order valence-corrected chi connectivity index (χ0v) is 13.2. The maximum Gasteiger partial charge on any atom is 0.338 e. The minimum atomic E-state index is -0.386. The molecule has 0 aliphatic heterocycles. The molecule has 0 radical (unpaired) electrons. The first kappa shape index (κ1) is 15.2. The molecule has 5 nitrogen and oxygen atoms in total. The van der Waals surface area contributed by atoms with Crippen LogP contribution in [0.2, 0.25) is 0 Å². The number of carbonyl (C=O) groups excluding carboxylic acids is 1. The number of hydrogen-bond donors (Lipinski definition) is 0. The second-order valence-corrected chi connectivity index (χ2v) is 5.55. The largest absolute Gasteiger partial charge is 0.497 e. The normalized spacial score (nSPS) is 10.3. The van der Waals surface area contributed by atoms with Gasteiger partial charge in [0.2, 0.25) is 0 Å².